The second-order valence-corrected chi connectivity index (χ2v) is 24.6. The largest absolute Gasteiger partial charge is 0.466 e. The van der Waals surface area contributed by atoms with Crippen LogP contribution in [0.3, 0.4) is 0 Å². The van der Waals surface area contributed by atoms with E-state index in [1.807, 2.05) is 6.08 Å². The predicted molar refractivity (Wildman–Crippen MR) is 343 cm³/mol. The summed E-state index contributed by atoms with van der Waals surface area (Å²) in [6, 6.07) is -0.622. The van der Waals surface area contributed by atoms with Crippen molar-refractivity contribution in [1.29, 1.82) is 0 Å². The highest BCUT2D eigenvalue weighted by Gasteiger charge is 2.18. The van der Waals surface area contributed by atoms with Gasteiger partial charge in [-0.05, 0) is 57.8 Å². The third kappa shape index (κ3) is 63.5. The summed E-state index contributed by atoms with van der Waals surface area (Å²) in [6.45, 7) is 4.90. The lowest BCUT2D eigenvalue weighted by Gasteiger charge is -2.20. The molecule has 2 unspecified atom stereocenters. The monoisotopic (exact) mass is 1100 g/mol. The Bertz CT molecular complexity index is 1220. The minimum Gasteiger partial charge on any atom is -0.466 e. The number of hydrogen-bond acceptors (Lipinski definition) is 5. The molecule has 1 amide bonds. The number of unbranched alkanes of at least 4 members (excludes halogenated alkanes) is 54. The standard InChI is InChI=1S/C72H139NO5/c1-3-5-7-9-11-13-15-44-48-52-56-60-64-70(75)69(68-74)73-71(76)65-61-57-53-49-45-42-40-38-36-34-32-30-28-26-24-22-20-18-17-19-21-23-25-27-29-31-33-35-37-39-41-43-47-51-55-59-63-67-78-72(77)66-62-58-54-50-46-16-14-12-10-8-6-4-2/h12,14,60,64,69-70,74-75H,3-11,13,15-59,61-63,65-68H2,1-2H3,(H,73,76)/b14-12-,64-60+. The van der Waals surface area contributed by atoms with E-state index in [4.69, 9.17) is 4.74 Å². The van der Waals surface area contributed by atoms with Gasteiger partial charge in [0.05, 0.1) is 25.4 Å². The number of carbonyl (C=O) groups is 2. The summed E-state index contributed by atoms with van der Waals surface area (Å²) in [4.78, 5) is 24.5. The molecule has 3 N–H and O–H groups in total. The van der Waals surface area contributed by atoms with Gasteiger partial charge in [0.1, 0.15) is 0 Å². The molecule has 0 saturated carbocycles. The van der Waals surface area contributed by atoms with Crippen LogP contribution in [0.15, 0.2) is 24.3 Å². The smallest absolute Gasteiger partial charge is 0.305 e. The van der Waals surface area contributed by atoms with E-state index in [2.05, 4.69) is 31.3 Å². The summed E-state index contributed by atoms with van der Waals surface area (Å²) >= 11 is 0. The summed E-state index contributed by atoms with van der Waals surface area (Å²) in [5.41, 5.74) is 0. The highest BCUT2D eigenvalue weighted by molar-refractivity contribution is 5.76. The first-order valence-corrected chi connectivity index (χ1v) is 35.6. The van der Waals surface area contributed by atoms with Crippen molar-refractivity contribution < 1.29 is 24.5 Å². The molecule has 6 nitrogen and oxygen atoms in total. The van der Waals surface area contributed by atoms with Crippen molar-refractivity contribution in [2.75, 3.05) is 13.2 Å². The van der Waals surface area contributed by atoms with Crippen molar-refractivity contribution in [2.45, 2.75) is 411 Å². The van der Waals surface area contributed by atoms with Crippen LogP contribution < -0.4 is 5.32 Å². The molecule has 462 valence electrons. The maximum Gasteiger partial charge on any atom is 0.305 e. The summed E-state index contributed by atoms with van der Waals surface area (Å²) in [5, 5.41) is 23.1. The summed E-state index contributed by atoms with van der Waals surface area (Å²) < 4.78 is 5.48. The van der Waals surface area contributed by atoms with Crippen LogP contribution in [0, 0.1) is 0 Å². The minimum absolute atomic E-state index is 0.0134. The number of carbonyl (C=O) groups excluding carboxylic acids is 2. The molecule has 0 heterocycles. The van der Waals surface area contributed by atoms with Crippen LogP contribution in [-0.2, 0) is 14.3 Å². The lowest BCUT2D eigenvalue weighted by atomic mass is 10.0. The molecule has 0 bridgehead atoms. The van der Waals surface area contributed by atoms with Crippen molar-refractivity contribution in [3.05, 3.63) is 24.3 Å². The Balaban J connectivity index is 3.29. The quantitative estimate of drug-likeness (QED) is 0.0320. The van der Waals surface area contributed by atoms with Crippen LogP contribution in [-0.4, -0.2) is 47.4 Å². The maximum atomic E-state index is 12.5. The molecule has 0 aromatic rings. The number of amides is 1. The lowest BCUT2D eigenvalue weighted by molar-refractivity contribution is -0.143. The molecule has 6 heteroatoms. The molecule has 0 aromatic carbocycles. The number of rotatable bonds is 67. The first-order chi connectivity index (χ1) is 38.5. The minimum atomic E-state index is -0.839. The maximum absolute atomic E-state index is 12.5. The molecule has 78 heavy (non-hydrogen) atoms. The van der Waals surface area contributed by atoms with Gasteiger partial charge < -0.3 is 20.3 Å². The number of ether oxygens (including phenoxy) is 1. The third-order valence-electron chi connectivity index (χ3n) is 16.7. The van der Waals surface area contributed by atoms with Gasteiger partial charge in [-0.15, -0.1) is 0 Å². The summed E-state index contributed by atoms with van der Waals surface area (Å²) in [5.74, 6) is -0.0477. The zero-order valence-electron chi connectivity index (χ0n) is 52.9. The van der Waals surface area contributed by atoms with Gasteiger partial charge in [0, 0.05) is 12.8 Å². The fraction of sp³-hybridized carbons (Fsp3) is 0.917. The number of allylic oxidation sites excluding steroid dienone is 3. The van der Waals surface area contributed by atoms with Gasteiger partial charge in [-0.1, -0.05) is 353 Å². The van der Waals surface area contributed by atoms with Gasteiger partial charge in [0.15, 0.2) is 0 Å². The zero-order valence-corrected chi connectivity index (χ0v) is 52.9. The van der Waals surface area contributed by atoms with Crippen LogP contribution in [0.25, 0.3) is 0 Å². The van der Waals surface area contributed by atoms with E-state index in [-0.39, 0.29) is 18.5 Å². The van der Waals surface area contributed by atoms with E-state index in [9.17, 15) is 19.8 Å². The van der Waals surface area contributed by atoms with Crippen LogP contribution in [0.4, 0.5) is 0 Å². The second kappa shape index (κ2) is 67.8. The number of aliphatic hydroxyl groups is 2. The van der Waals surface area contributed by atoms with Gasteiger partial charge in [0.25, 0.3) is 0 Å². The van der Waals surface area contributed by atoms with Crippen LogP contribution in [0.5, 0.6) is 0 Å². The predicted octanol–water partition coefficient (Wildman–Crippen LogP) is 22.9. The molecule has 0 spiro atoms. The number of aliphatic hydroxyl groups excluding tert-OH is 2. The molecule has 0 radical (unpaired) electrons. The number of nitrogens with one attached hydrogen (secondary N) is 1. The van der Waals surface area contributed by atoms with Crippen molar-refractivity contribution >= 4 is 11.9 Å². The van der Waals surface area contributed by atoms with E-state index >= 15 is 0 Å². The Labute approximate surface area is 488 Å². The molecular weight excluding hydrogens is 959 g/mol. The van der Waals surface area contributed by atoms with Crippen LogP contribution in [0.2, 0.25) is 0 Å². The topological polar surface area (TPSA) is 95.9 Å². The average molecular weight is 1100 g/mol. The Morgan fingerprint density at radius 2 is 0.603 bits per heavy atom. The molecular formula is C72H139NO5. The van der Waals surface area contributed by atoms with E-state index in [0.717, 1.165) is 44.9 Å². The molecule has 0 fully saturated rings. The fourth-order valence-electron chi connectivity index (χ4n) is 11.3. The van der Waals surface area contributed by atoms with Gasteiger partial charge in [-0.2, -0.15) is 0 Å². The van der Waals surface area contributed by atoms with Crippen molar-refractivity contribution in [3.8, 4) is 0 Å². The summed E-state index contributed by atoms with van der Waals surface area (Å²) in [6.07, 6.45) is 85.7. The first kappa shape index (κ1) is 76.3. The fourth-order valence-corrected chi connectivity index (χ4v) is 11.3. The summed E-state index contributed by atoms with van der Waals surface area (Å²) in [7, 11) is 0. The highest BCUT2D eigenvalue weighted by Crippen LogP contribution is 2.19. The molecule has 0 aliphatic rings. The average Bonchev–Trinajstić information content (AvgIpc) is 3.44. The molecule has 0 aliphatic carbocycles. The lowest BCUT2D eigenvalue weighted by Crippen LogP contribution is -2.45. The second-order valence-electron chi connectivity index (χ2n) is 24.6. The van der Waals surface area contributed by atoms with Gasteiger partial charge in [-0.3, -0.25) is 9.59 Å². The van der Waals surface area contributed by atoms with E-state index in [1.165, 1.54) is 327 Å². The Kier molecular flexibility index (Phi) is 66.4. The van der Waals surface area contributed by atoms with Crippen molar-refractivity contribution in [3.63, 3.8) is 0 Å². The number of esters is 1. The molecule has 0 aliphatic heterocycles. The van der Waals surface area contributed by atoms with Crippen molar-refractivity contribution in [2.24, 2.45) is 0 Å². The molecule has 2 atom stereocenters. The van der Waals surface area contributed by atoms with Crippen molar-refractivity contribution in [1.82, 2.24) is 5.32 Å². The number of hydrogen-bond donors (Lipinski definition) is 3. The Hall–Kier alpha value is -1.66. The SMILES string of the molecule is CCCCC/C=C\CCCCCCCC(=O)OCCCCCCCCCCCCCCCCCCCCCCCCCCCCCCCCCCCCCCCC(=O)NC(CO)C(O)/C=C/CCCCCCCCCCCC. The Morgan fingerprint density at radius 1 is 0.346 bits per heavy atom. The van der Waals surface area contributed by atoms with Gasteiger partial charge in [0.2, 0.25) is 5.91 Å². The van der Waals surface area contributed by atoms with E-state index < -0.39 is 12.1 Å². The normalized spacial score (nSPS) is 12.6. The van der Waals surface area contributed by atoms with Crippen LogP contribution in [0.1, 0.15) is 399 Å². The zero-order chi connectivity index (χ0) is 56.4. The van der Waals surface area contributed by atoms with E-state index in [0.29, 0.717) is 19.4 Å². The molecule has 0 saturated heterocycles. The third-order valence-corrected chi connectivity index (χ3v) is 16.7. The van der Waals surface area contributed by atoms with E-state index in [1.54, 1.807) is 6.08 Å². The van der Waals surface area contributed by atoms with Gasteiger partial charge in [-0.25, -0.2) is 0 Å². The molecule has 0 aromatic heterocycles. The Morgan fingerprint density at radius 3 is 0.936 bits per heavy atom. The first-order valence-electron chi connectivity index (χ1n) is 35.6. The van der Waals surface area contributed by atoms with Gasteiger partial charge >= 0.3 is 5.97 Å². The molecule has 0 rings (SSSR count). The van der Waals surface area contributed by atoms with Crippen LogP contribution >= 0.6 is 0 Å². The highest BCUT2D eigenvalue weighted by atomic mass is 16.5.